The molecule has 160 valence electrons. The summed E-state index contributed by atoms with van der Waals surface area (Å²) in [4.78, 5) is 18.8. The number of amides is 1. The van der Waals surface area contributed by atoms with E-state index in [1.165, 1.54) is 13.0 Å². The van der Waals surface area contributed by atoms with Crippen molar-refractivity contribution in [2.24, 2.45) is 0 Å². The SMILES string of the molecule is Cc1ccc(NC(=O)c2ccccc2)c(C2CCN(c3cccnc3)C2)c1C(F)(F)F. The number of nitrogens with zero attached hydrogens (tertiary/aromatic N) is 2. The third kappa shape index (κ3) is 4.40. The highest BCUT2D eigenvalue weighted by Gasteiger charge is 2.40. The molecule has 7 heteroatoms. The van der Waals surface area contributed by atoms with Gasteiger partial charge in [0.15, 0.2) is 0 Å². The number of carbonyl (C=O) groups is 1. The Morgan fingerprint density at radius 3 is 2.55 bits per heavy atom. The first-order valence-electron chi connectivity index (χ1n) is 10.1. The van der Waals surface area contributed by atoms with Crippen molar-refractivity contribution in [1.82, 2.24) is 4.98 Å². The second-order valence-corrected chi connectivity index (χ2v) is 7.68. The van der Waals surface area contributed by atoms with Gasteiger partial charge >= 0.3 is 6.18 Å². The van der Waals surface area contributed by atoms with E-state index in [1.54, 1.807) is 48.8 Å². The van der Waals surface area contributed by atoms with Crippen LogP contribution in [0.25, 0.3) is 0 Å². The number of nitrogens with one attached hydrogen (secondary N) is 1. The van der Waals surface area contributed by atoms with Crippen molar-refractivity contribution >= 4 is 17.3 Å². The first kappa shape index (κ1) is 20.9. The monoisotopic (exact) mass is 425 g/mol. The molecule has 0 saturated carbocycles. The van der Waals surface area contributed by atoms with E-state index in [-0.39, 0.29) is 22.7 Å². The van der Waals surface area contributed by atoms with Crippen molar-refractivity contribution in [2.75, 3.05) is 23.3 Å². The maximum Gasteiger partial charge on any atom is 0.417 e. The first-order valence-corrected chi connectivity index (χ1v) is 10.1. The van der Waals surface area contributed by atoms with Crippen LogP contribution in [0.5, 0.6) is 0 Å². The molecule has 1 aliphatic heterocycles. The lowest BCUT2D eigenvalue weighted by Crippen LogP contribution is -2.22. The summed E-state index contributed by atoms with van der Waals surface area (Å²) in [6.07, 6.45) is -0.595. The van der Waals surface area contributed by atoms with Gasteiger partial charge in [-0.1, -0.05) is 24.3 Å². The molecule has 1 amide bonds. The number of aromatic nitrogens is 1. The number of anilines is 2. The van der Waals surface area contributed by atoms with Crippen LogP contribution in [0.3, 0.4) is 0 Å². The molecule has 1 unspecified atom stereocenters. The predicted molar refractivity (Wildman–Crippen MR) is 114 cm³/mol. The largest absolute Gasteiger partial charge is 0.417 e. The van der Waals surface area contributed by atoms with E-state index in [0.29, 0.717) is 25.1 Å². The summed E-state index contributed by atoms with van der Waals surface area (Å²) >= 11 is 0. The number of aryl methyl sites for hydroxylation is 1. The molecular weight excluding hydrogens is 403 g/mol. The highest BCUT2D eigenvalue weighted by molar-refractivity contribution is 6.04. The Kier molecular flexibility index (Phi) is 5.67. The van der Waals surface area contributed by atoms with Gasteiger partial charge in [-0.25, -0.2) is 0 Å². The van der Waals surface area contributed by atoms with Crippen LogP contribution in [-0.4, -0.2) is 24.0 Å². The standard InChI is InChI=1S/C24H22F3N3O/c1-16-9-10-20(29-23(31)17-6-3-2-4-7-17)21(22(16)24(25,26)27)18-11-13-30(15-18)19-8-5-12-28-14-19/h2-10,12,14,18H,11,13,15H2,1H3,(H,29,31). The lowest BCUT2D eigenvalue weighted by molar-refractivity contribution is -0.138. The van der Waals surface area contributed by atoms with Gasteiger partial charge in [0.25, 0.3) is 5.91 Å². The zero-order chi connectivity index (χ0) is 22.0. The van der Waals surface area contributed by atoms with Crippen LogP contribution < -0.4 is 10.2 Å². The zero-order valence-electron chi connectivity index (χ0n) is 17.0. The van der Waals surface area contributed by atoms with Gasteiger partial charge in [0, 0.05) is 36.5 Å². The molecule has 1 fully saturated rings. The van der Waals surface area contributed by atoms with Gasteiger partial charge in [-0.2, -0.15) is 13.2 Å². The molecule has 4 nitrogen and oxygen atoms in total. The average molecular weight is 425 g/mol. The van der Waals surface area contributed by atoms with Gasteiger partial charge in [-0.3, -0.25) is 9.78 Å². The Balaban J connectivity index is 1.72. The number of hydrogen-bond acceptors (Lipinski definition) is 3. The topological polar surface area (TPSA) is 45.2 Å². The maximum absolute atomic E-state index is 14.1. The number of benzene rings is 2. The third-order valence-electron chi connectivity index (χ3n) is 5.63. The number of alkyl halides is 3. The quantitative estimate of drug-likeness (QED) is 0.587. The van der Waals surface area contributed by atoms with Crippen LogP contribution in [-0.2, 0) is 6.18 Å². The van der Waals surface area contributed by atoms with Gasteiger partial charge in [0.05, 0.1) is 17.4 Å². The van der Waals surface area contributed by atoms with E-state index in [1.807, 2.05) is 17.0 Å². The van der Waals surface area contributed by atoms with E-state index in [4.69, 9.17) is 0 Å². The van der Waals surface area contributed by atoms with Crippen LogP contribution in [0.15, 0.2) is 67.0 Å². The number of hydrogen-bond donors (Lipinski definition) is 1. The molecule has 2 heterocycles. The number of halogens is 3. The summed E-state index contributed by atoms with van der Waals surface area (Å²) in [5, 5.41) is 2.73. The molecule has 1 atom stereocenters. The Labute approximate surface area is 178 Å². The zero-order valence-corrected chi connectivity index (χ0v) is 17.0. The van der Waals surface area contributed by atoms with Gasteiger partial charge in [0.2, 0.25) is 0 Å². The van der Waals surface area contributed by atoms with Gasteiger partial charge in [0.1, 0.15) is 0 Å². The van der Waals surface area contributed by atoms with Crippen LogP contribution in [0.1, 0.15) is 39.4 Å². The van der Waals surface area contributed by atoms with Crippen molar-refractivity contribution in [3.63, 3.8) is 0 Å². The van der Waals surface area contributed by atoms with E-state index < -0.39 is 17.6 Å². The third-order valence-corrected chi connectivity index (χ3v) is 5.63. The molecular formula is C24H22F3N3O. The molecule has 1 aliphatic rings. The fourth-order valence-electron chi connectivity index (χ4n) is 4.19. The molecule has 1 saturated heterocycles. The second kappa shape index (κ2) is 8.41. The van der Waals surface area contributed by atoms with Crippen molar-refractivity contribution in [1.29, 1.82) is 0 Å². The molecule has 0 aliphatic carbocycles. The van der Waals surface area contributed by atoms with Crippen molar-refractivity contribution in [3.05, 3.63) is 89.2 Å². The molecule has 31 heavy (non-hydrogen) atoms. The highest BCUT2D eigenvalue weighted by atomic mass is 19.4. The molecule has 4 rings (SSSR count). The number of rotatable bonds is 4. The number of pyridine rings is 1. The van der Waals surface area contributed by atoms with E-state index in [2.05, 4.69) is 10.3 Å². The van der Waals surface area contributed by atoms with Crippen molar-refractivity contribution in [2.45, 2.75) is 25.4 Å². The summed E-state index contributed by atoms with van der Waals surface area (Å²) < 4.78 is 42.3. The Morgan fingerprint density at radius 1 is 1.10 bits per heavy atom. The van der Waals surface area contributed by atoms with Gasteiger partial charge < -0.3 is 10.2 Å². The summed E-state index contributed by atoms with van der Waals surface area (Å²) in [5.41, 5.74) is 1.14. The molecule has 3 aromatic rings. The molecule has 0 radical (unpaired) electrons. The minimum Gasteiger partial charge on any atom is -0.370 e. The minimum absolute atomic E-state index is 0.153. The van der Waals surface area contributed by atoms with Crippen LogP contribution in [0.4, 0.5) is 24.5 Å². The molecule has 1 aromatic heterocycles. The highest BCUT2D eigenvalue weighted by Crippen LogP contribution is 2.44. The van der Waals surface area contributed by atoms with Crippen molar-refractivity contribution in [3.8, 4) is 0 Å². The first-order chi connectivity index (χ1) is 14.8. The van der Waals surface area contributed by atoms with E-state index >= 15 is 0 Å². The summed E-state index contributed by atoms with van der Waals surface area (Å²) in [5.74, 6) is -0.802. The molecule has 2 aromatic carbocycles. The number of carbonyl (C=O) groups excluding carboxylic acids is 1. The Morgan fingerprint density at radius 2 is 1.87 bits per heavy atom. The van der Waals surface area contributed by atoms with Crippen molar-refractivity contribution < 1.29 is 18.0 Å². The smallest absolute Gasteiger partial charge is 0.370 e. The normalized spacial score (nSPS) is 16.4. The van der Waals surface area contributed by atoms with Gasteiger partial charge in [-0.15, -0.1) is 0 Å². The van der Waals surface area contributed by atoms with Crippen LogP contribution in [0.2, 0.25) is 0 Å². The van der Waals surface area contributed by atoms with Crippen LogP contribution in [0, 0.1) is 6.92 Å². The molecule has 0 bridgehead atoms. The lowest BCUT2D eigenvalue weighted by Gasteiger charge is -2.24. The molecule has 0 spiro atoms. The Bertz CT molecular complexity index is 1070. The van der Waals surface area contributed by atoms with E-state index in [9.17, 15) is 18.0 Å². The van der Waals surface area contributed by atoms with E-state index in [0.717, 1.165) is 5.69 Å². The predicted octanol–water partition coefficient (Wildman–Crippen LogP) is 5.66. The van der Waals surface area contributed by atoms with Gasteiger partial charge in [-0.05, 0) is 54.8 Å². The average Bonchev–Trinajstić information content (AvgIpc) is 3.25. The Hall–Kier alpha value is -3.35. The fourth-order valence-corrected chi connectivity index (χ4v) is 4.19. The second-order valence-electron chi connectivity index (χ2n) is 7.68. The minimum atomic E-state index is -4.52. The molecule has 1 N–H and O–H groups in total. The summed E-state index contributed by atoms with van der Waals surface area (Å²) in [7, 11) is 0. The fraction of sp³-hybridized carbons (Fsp3) is 0.250. The maximum atomic E-state index is 14.1. The lowest BCUT2D eigenvalue weighted by atomic mass is 9.88. The summed E-state index contributed by atoms with van der Waals surface area (Å²) in [6.45, 7) is 2.50. The van der Waals surface area contributed by atoms with Crippen LogP contribution >= 0.6 is 0 Å². The summed E-state index contributed by atoms with van der Waals surface area (Å²) in [6, 6.07) is 15.2.